The Morgan fingerprint density at radius 2 is 1.94 bits per heavy atom. The van der Waals surface area contributed by atoms with Crippen LogP contribution in [0.25, 0.3) is 0 Å². The average molecular weight is 236 g/mol. The molecular weight excluding hydrogens is 216 g/mol. The molecule has 2 rings (SSSR count). The topological polar surface area (TPSA) is 87.0 Å². The molecule has 17 heavy (non-hydrogen) atoms. The Morgan fingerprint density at radius 1 is 1.24 bits per heavy atom. The Labute approximate surface area is 102 Å². The molecule has 1 aromatic rings. The summed E-state index contributed by atoms with van der Waals surface area (Å²) in [4.78, 5) is 8.47. The van der Waals surface area contributed by atoms with E-state index >= 15 is 0 Å². The van der Waals surface area contributed by atoms with Crippen LogP contribution in [0.1, 0.15) is 49.3 Å². The molecule has 1 aliphatic carbocycles. The number of nitrogen functional groups attached to an aromatic ring is 1. The highest BCUT2D eigenvalue weighted by atomic mass is 16.5. The van der Waals surface area contributed by atoms with Crippen molar-refractivity contribution in [2.75, 3.05) is 12.8 Å². The molecule has 1 fully saturated rings. The van der Waals surface area contributed by atoms with Crippen molar-refractivity contribution in [3.05, 3.63) is 11.3 Å². The zero-order chi connectivity index (χ0) is 12.3. The van der Waals surface area contributed by atoms with Crippen molar-refractivity contribution >= 4 is 5.95 Å². The van der Waals surface area contributed by atoms with Crippen LogP contribution in [0, 0.1) is 0 Å². The van der Waals surface area contributed by atoms with Gasteiger partial charge >= 0.3 is 0 Å². The second-order valence-electron chi connectivity index (χ2n) is 4.49. The van der Waals surface area contributed by atoms with Gasteiger partial charge in [-0.1, -0.05) is 19.3 Å². The van der Waals surface area contributed by atoms with Gasteiger partial charge in [0.05, 0.1) is 12.8 Å². The molecule has 0 aromatic carbocycles. The van der Waals surface area contributed by atoms with Crippen molar-refractivity contribution < 1.29 is 4.74 Å². The first-order valence-electron chi connectivity index (χ1n) is 6.16. The number of ether oxygens (including phenoxy) is 1. The number of nitrogens with two attached hydrogens (primary N) is 2. The third-order valence-corrected chi connectivity index (χ3v) is 3.41. The molecule has 0 aliphatic heterocycles. The summed E-state index contributed by atoms with van der Waals surface area (Å²) in [6.45, 7) is 0.398. The van der Waals surface area contributed by atoms with Crippen molar-refractivity contribution in [3.8, 4) is 5.88 Å². The molecule has 4 N–H and O–H groups in total. The van der Waals surface area contributed by atoms with Crippen LogP contribution in [-0.2, 0) is 6.54 Å². The number of nitrogens with zero attached hydrogens (tertiary/aromatic N) is 2. The number of rotatable bonds is 3. The SMILES string of the molecule is COc1nc(N)nc(C2CCCCC2)c1CN. The minimum Gasteiger partial charge on any atom is -0.481 e. The number of hydrogen-bond acceptors (Lipinski definition) is 5. The second-order valence-corrected chi connectivity index (χ2v) is 4.49. The molecule has 0 atom stereocenters. The lowest BCUT2D eigenvalue weighted by Gasteiger charge is -2.23. The maximum absolute atomic E-state index is 5.78. The largest absolute Gasteiger partial charge is 0.481 e. The van der Waals surface area contributed by atoms with Crippen molar-refractivity contribution in [2.24, 2.45) is 5.73 Å². The van der Waals surface area contributed by atoms with E-state index in [1.165, 1.54) is 19.3 Å². The molecule has 0 spiro atoms. The molecule has 1 aliphatic rings. The Balaban J connectivity index is 2.39. The summed E-state index contributed by atoms with van der Waals surface area (Å²) in [6.07, 6.45) is 6.13. The van der Waals surface area contributed by atoms with E-state index in [9.17, 15) is 0 Å². The van der Waals surface area contributed by atoms with Crippen molar-refractivity contribution in [3.63, 3.8) is 0 Å². The monoisotopic (exact) mass is 236 g/mol. The van der Waals surface area contributed by atoms with E-state index in [2.05, 4.69) is 9.97 Å². The highest BCUT2D eigenvalue weighted by molar-refractivity contribution is 5.38. The third-order valence-electron chi connectivity index (χ3n) is 3.41. The highest BCUT2D eigenvalue weighted by Crippen LogP contribution is 2.35. The summed E-state index contributed by atoms with van der Waals surface area (Å²) in [5, 5.41) is 0. The summed E-state index contributed by atoms with van der Waals surface area (Å²) in [6, 6.07) is 0. The first-order valence-corrected chi connectivity index (χ1v) is 6.16. The van der Waals surface area contributed by atoms with Crippen LogP contribution >= 0.6 is 0 Å². The molecular formula is C12H20N4O. The minimum atomic E-state index is 0.277. The Morgan fingerprint density at radius 3 is 2.53 bits per heavy atom. The molecule has 5 heteroatoms. The van der Waals surface area contributed by atoms with Crippen LogP contribution in [0.2, 0.25) is 0 Å². The zero-order valence-corrected chi connectivity index (χ0v) is 10.3. The van der Waals surface area contributed by atoms with Crippen LogP contribution in [0.5, 0.6) is 5.88 Å². The lowest BCUT2D eigenvalue weighted by Crippen LogP contribution is -2.15. The van der Waals surface area contributed by atoms with Gasteiger partial charge in [-0.2, -0.15) is 4.98 Å². The first-order chi connectivity index (χ1) is 8.26. The molecule has 94 valence electrons. The zero-order valence-electron chi connectivity index (χ0n) is 10.3. The number of methoxy groups -OCH3 is 1. The number of anilines is 1. The fourth-order valence-corrected chi connectivity index (χ4v) is 2.57. The predicted molar refractivity (Wildman–Crippen MR) is 66.7 cm³/mol. The smallest absolute Gasteiger partial charge is 0.223 e. The van der Waals surface area contributed by atoms with Gasteiger partial charge in [-0.3, -0.25) is 0 Å². The van der Waals surface area contributed by atoms with Crippen molar-refractivity contribution in [1.82, 2.24) is 9.97 Å². The maximum Gasteiger partial charge on any atom is 0.223 e. The minimum absolute atomic E-state index is 0.277. The first kappa shape index (κ1) is 12.1. The quantitative estimate of drug-likeness (QED) is 0.831. The van der Waals surface area contributed by atoms with Gasteiger partial charge in [0.1, 0.15) is 0 Å². The van der Waals surface area contributed by atoms with E-state index in [-0.39, 0.29) is 5.95 Å². The fraction of sp³-hybridized carbons (Fsp3) is 0.667. The standard InChI is InChI=1S/C12H20N4O/c1-17-11-9(7-13)10(15-12(14)16-11)8-5-3-2-4-6-8/h8H,2-7,13H2,1H3,(H2,14,15,16). The summed E-state index contributed by atoms with van der Waals surface area (Å²) in [5.41, 5.74) is 13.4. The van der Waals surface area contributed by atoms with Gasteiger partial charge in [0, 0.05) is 18.0 Å². The molecule has 0 unspecified atom stereocenters. The van der Waals surface area contributed by atoms with Gasteiger partial charge in [-0.05, 0) is 12.8 Å². The number of hydrogen-bond donors (Lipinski definition) is 2. The molecule has 1 saturated carbocycles. The normalized spacial score (nSPS) is 17.1. The predicted octanol–water partition coefficient (Wildman–Crippen LogP) is 1.57. The fourth-order valence-electron chi connectivity index (χ4n) is 2.57. The number of aromatic nitrogens is 2. The van der Waals surface area contributed by atoms with Crippen LogP contribution in [0.15, 0.2) is 0 Å². The van der Waals surface area contributed by atoms with Crippen LogP contribution in [-0.4, -0.2) is 17.1 Å². The van der Waals surface area contributed by atoms with E-state index in [0.29, 0.717) is 18.3 Å². The van der Waals surface area contributed by atoms with Gasteiger partial charge in [0.25, 0.3) is 0 Å². The van der Waals surface area contributed by atoms with Gasteiger partial charge < -0.3 is 16.2 Å². The Kier molecular flexibility index (Phi) is 3.78. The molecule has 0 amide bonds. The van der Waals surface area contributed by atoms with Gasteiger partial charge in [0.15, 0.2) is 0 Å². The molecule has 0 radical (unpaired) electrons. The van der Waals surface area contributed by atoms with Gasteiger partial charge in [-0.15, -0.1) is 0 Å². The summed E-state index contributed by atoms with van der Waals surface area (Å²) >= 11 is 0. The average Bonchev–Trinajstić information content (AvgIpc) is 2.38. The maximum atomic E-state index is 5.78. The lowest BCUT2D eigenvalue weighted by atomic mass is 9.85. The molecule has 5 nitrogen and oxygen atoms in total. The second kappa shape index (κ2) is 5.31. The van der Waals surface area contributed by atoms with Gasteiger partial charge in [-0.25, -0.2) is 4.98 Å². The molecule has 0 saturated heterocycles. The molecule has 0 bridgehead atoms. The van der Waals surface area contributed by atoms with Crippen LogP contribution in [0.4, 0.5) is 5.95 Å². The Bertz CT molecular complexity index is 388. The third kappa shape index (κ3) is 2.49. The highest BCUT2D eigenvalue weighted by Gasteiger charge is 2.23. The summed E-state index contributed by atoms with van der Waals surface area (Å²) in [5.74, 6) is 1.27. The van der Waals surface area contributed by atoms with Crippen molar-refractivity contribution in [1.29, 1.82) is 0 Å². The molecule has 1 aromatic heterocycles. The Hall–Kier alpha value is -1.36. The summed E-state index contributed by atoms with van der Waals surface area (Å²) in [7, 11) is 1.59. The van der Waals surface area contributed by atoms with E-state index in [4.69, 9.17) is 16.2 Å². The lowest BCUT2D eigenvalue weighted by molar-refractivity contribution is 0.384. The van der Waals surface area contributed by atoms with E-state index in [0.717, 1.165) is 24.1 Å². The molecule has 1 heterocycles. The van der Waals surface area contributed by atoms with Crippen LogP contribution in [0.3, 0.4) is 0 Å². The van der Waals surface area contributed by atoms with E-state index in [1.807, 2.05) is 0 Å². The van der Waals surface area contributed by atoms with E-state index in [1.54, 1.807) is 7.11 Å². The summed E-state index contributed by atoms with van der Waals surface area (Å²) < 4.78 is 5.24. The van der Waals surface area contributed by atoms with Gasteiger partial charge in [0.2, 0.25) is 11.8 Å². The van der Waals surface area contributed by atoms with E-state index < -0.39 is 0 Å². The van der Waals surface area contributed by atoms with Crippen molar-refractivity contribution in [2.45, 2.75) is 44.6 Å². The van der Waals surface area contributed by atoms with Crippen LogP contribution < -0.4 is 16.2 Å².